The van der Waals surface area contributed by atoms with Gasteiger partial charge in [-0.15, -0.1) is 0 Å². The molecule has 7 heteroatoms. The fourth-order valence-corrected chi connectivity index (χ4v) is 4.30. The van der Waals surface area contributed by atoms with Crippen LogP contribution in [0.15, 0.2) is 36.4 Å². The van der Waals surface area contributed by atoms with Crippen molar-refractivity contribution in [3.05, 3.63) is 47.5 Å². The molecule has 4 rings (SSSR count). The maximum absolute atomic E-state index is 12.5. The lowest BCUT2D eigenvalue weighted by Crippen LogP contribution is -2.37. The number of amides is 1. The number of ether oxygens (including phenoxy) is 4. The molecule has 2 aliphatic heterocycles. The zero-order valence-electron chi connectivity index (χ0n) is 18.2. The highest BCUT2D eigenvalue weighted by Crippen LogP contribution is 2.46. The zero-order chi connectivity index (χ0) is 21.6. The number of hydrogen-bond acceptors (Lipinski definition) is 6. The van der Waals surface area contributed by atoms with Crippen molar-refractivity contribution in [2.75, 3.05) is 59.0 Å². The van der Waals surface area contributed by atoms with E-state index in [4.69, 9.17) is 18.9 Å². The molecule has 2 aromatic rings. The molecule has 0 saturated carbocycles. The summed E-state index contributed by atoms with van der Waals surface area (Å²) in [5, 5.41) is 2.96. The van der Waals surface area contributed by atoms with Gasteiger partial charge in [-0.2, -0.15) is 0 Å². The summed E-state index contributed by atoms with van der Waals surface area (Å²) < 4.78 is 22.6. The number of morpholine rings is 1. The highest BCUT2D eigenvalue weighted by Gasteiger charge is 2.32. The second-order valence-corrected chi connectivity index (χ2v) is 7.79. The van der Waals surface area contributed by atoms with Crippen LogP contribution < -0.4 is 19.5 Å². The maximum Gasteiger partial charge on any atom is 0.225 e. The quantitative estimate of drug-likeness (QED) is 0.654. The number of methoxy groups -OCH3 is 2. The van der Waals surface area contributed by atoms with E-state index in [1.54, 1.807) is 14.2 Å². The number of carbonyl (C=O) groups excluding carboxylic acids is 1. The highest BCUT2D eigenvalue weighted by molar-refractivity contribution is 5.96. The molecular formula is C24H30N2O5. The van der Waals surface area contributed by atoms with Crippen molar-refractivity contribution < 1.29 is 23.7 Å². The first kappa shape index (κ1) is 21.5. The molecule has 2 aliphatic rings. The van der Waals surface area contributed by atoms with E-state index >= 15 is 0 Å². The van der Waals surface area contributed by atoms with Gasteiger partial charge in [-0.25, -0.2) is 0 Å². The molecule has 1 unspecified atom stereocenters. The van der Waals surface area contributed by atoms with Gasteiger partial charge in [-0.05, 0) is 12.5 Å². The van der Waals surface area contributed by atoms with Gasteiger partial charge in [0.15, 0.2) is 0 Å². The van der Waals surface area contributed by atoms with Crippen LogP contribution in [0.25, 0.3) is 0 Å². The molecule has 1 N–H and O–H groups in total. The maximum atomic E-state index is 12.5. The van der Waals surface area contributed by atoms with Crippen LogP contribution >= 0.6 is 0 Å². The van der Waals surface area contributed by atoms with E-state index in [-0.39, 0.29) is 11.8 Å². The average Bonchev–Trinajstić information content (AvgIpc) is 2.81. The van der Waals surface area contributed by atoms with Crippen molar-refractivity contribution in [2.24, 2.45) is 0 Å². The number of fused-ring (bicyclic) bond motifs is 1. The Morgan fingerprint density at radius 1 is 1.10 bits per heavy atom. The van der Waals surface area contributed by atoms with Crippen molar-refractivity contribution in [3.8, 4) is 17.2 Å². The first-order valence-electron chi connectivity index (χ1n) is 10.8. The Labute approximate surface area is 183 Å². The lowest BCUT2D eigenvalue weighted by atomic mass is 9.83. The Hall–Kier alpha value is -2.77. The van der Waals surface area contributed by atoms with Gasteiger partial charge in [0.2, 0.25) is 5.91 Å². The molecular weight excluding hydrogens is 396 g/mol. The largest absolute Gasteiger partial charge is 0.497 e. The molecule has 1 amide bonds. The van der Waals surface area contributed by atoms with E-state index < -0.39 is 0 Å². The summed E-state index contributed by atoms with van der Waals surface area (Å²) in [5.74, 6) is 1.97. The van der Waals surface area contributed by atoms with Crippen molar-refractivity contribution in [1.82, 2.24) is 4.90 Å². The first-order valence-corrected chi connectivity index (χ1v) is 10.8. The Morgan fingerprint density at radius 2 is 1.90 bits per heavy atom. The van der Waals surface area contributed by atoms with Gasteiger partial charge in [0.05, 0.1) is 39.7 Å². The van der Waals surface area contributed by atoms with Gasteiger partial charge >= 0.3 is 0 Å². The summed E-state index contributed by atoms with van der Waals surface area (Å²) in [6, 6.07) is 11.7. The van der Waals surface area contributed by atoms with Crippen LogP contribution in [0.3, 0.4) is 0 Å². The number of carbonyl (C=O) groups is 1. The number of rotatable bonds is 8. The number of para-hydroxylation sites is 1. The third-order valence-electron chi connectivity index (χ3n) is 5.86. The van der Waals surface area contributed by atoms with E-state index in [1.807, 2.05) is 36.4 Å². The SMILES string of the molecule is COc1cc2c(c(OC)c1)C(c1ccccc1OCCCN1CCOCC1)CC(=O)N2. The zero-order valence-corrected chi connectivity index (χ0v) is 18.2. The van der Waals surface area contributed by atoms with Crippen LogP contribution in [-0.2, 0) is 9.53 Å². The average molecular weight is 427 g/mol. The molecule has 1 fully saturated rings. The third kappa shape index (κ3) is 4.94. The molecule has 0 spiro atoms. The van der Waals surface area contributed by atoms with E-state index in [1.165, 1.54) is 0 Å². The summed E-state index contributed by atoms with van der Waals surface area (Å²) in [4.78, 5) is 14.9. The molecule has 31 heavy (non-hydrogen) atoms. The second-order valence-electron chi connectivity index (χ2n) is 7.79. The molecule has 0 radical (unpaired) electrons. The predicted molar refractivity (Wildman–Crippen MR) is 118 cm³/mol. The fourth-order valence-electron chi connectivity index (χ4n) is 4.30. The normalized spacial score (nSPS) is 18.8. The molecule has 1 atom stereocenters. The number of benzene rings is 2. The Morgan fingerprint density at radius 3 is 2.68 bits per heavy atom. The lowest BCUT2D eigenvalue weighted by Gasteiger charge is -2.29. The smallest absolute Gasteiger partial charge is 0.225 e. The van der Waals surface area contributed by atoms with Gasteiger partial charge in [0.25, 0.3) is 0 Å². The second kappa shape index (κ2) is 10.0. The van der Waals surface area contributed by atoms with Gasteiger partial charge < -0.3 is 24.3 Å². The van der Waals surface area contributed by atoms with Crippen LogP contribution in [0, 0.1) is 0 Å². The van der Waals surface area contributed by atoms with E-state index in [2.05, 4.69) is 10.2 Å². The van der Waals surface area contributed by atoms with Gasteiger partial charge in [0, 0.05) is 55.2 Å². The van der Waals surface area contributed by atoms with E-state index in [0.717, 1.165) is 61.8 Å². The number of nitrogens with one attached hydrogen (secondary N) is 1. The van der Waals surface area contributed by atoms with Crippen molar-refractivity contribution >= 4 is 11.6 Å². The topological polar surface area (TPSA) is 69.3 Å². The minimum absolute atomic E-state index is 0.0325. The van der Waals surface area contributed by atoms with E-state index in [9.17, 15) is 4.79 Å². The summed E-state index contributed by atoms with van der Waals surface area (Å²) in [7, 11) is 3.24. The molecule has 2 aromatic carbocycles. The Balaban J connectivity index is 1.54. The van der Waals surface area contributed by atoms with Crippen LogP contribution in [0.5, 0.6) is 17.2 Å². The van der Waals surface area contributed by atoms with Crippen LogP contribution in [-0.4, -0.2) is 64.5 Å². The molecule has 7 nitrogen and oxygen atoms in total. The molecule has 0 aromatic heterocycles. The summed E-state index contributed by atoms with van der Waals surface area (Å²) in [5.41, 5.74) is 2.67. The molecule has 166 valence electrons. The number of nitrogens with zero attached hydrogens (tertiary/aromatic N) is 1. The minimum Gasteiger partial charge on any atom is -0.497 e. The Kier molecular flexibility index (Phi) is 6.94. The minimum atomic E-state index is -0.153. The van der Waals surface area contributed by atoms with Crippen LogP contribution in [0.1, 0.15) is 29.9 Å². The van der Waals surface area contributed by atoms with Crippen molar-refractivity contribution in [3.63, 3.8) is 0 Å². The van der Waals surface area contributed by atoms with Crippen molar-refractivity contribution in [1.29, 1.82) is 0 Å². The summed E-state index contributed by atoms with van der Waals surface area (Å²) in [6.07, 6.45) is 1.28. The highest BCUT2D eigenvalue weighted by atomic mass is 16.5. The molecule has 0 bridgehead atoms. The van der Waals surface area contributed by atoms with Gasteiger partial charge in [0.1, 0.15) is 17.2 Å². The van der Waals surface area contributed by atoms with E-state index in [0.29, 0.717) is 24.5 Å². The monoisotopic (exact) mass is 426 g/mol. The Bertz CT molecular complexity index is 911. The molecule has 1 saturated heterocycles. The predicted octanol–water partition coefficient (Wildman–Crippen LogP) is 3.28. The van der Waals surface area contributed by atoms with Crippen molar-refractivity contribution in [2.45, 2.75) is 18.8 Å². The molecule has 0 aliphatic carbocycles. The lowest BCUT2D eigenvalue weighted by molar-refractivity contribution is -0.116. The van der Waals surface area contributed by atoms with Crippen LogP contribution in [0.2, 0.25) is 0 Å². The number of hydrogen-bond donors (Lipinski definition) is 1. The molecule has 2 heterocycles. The van der Waals surface area contributed by atoms with Gasteiger partial charge in [-0.3, -0.25) is 9.69 Å². The third-order valence-corrected chi connectivity index (χ3v) is 5.86. The van der Waals surface area contributed by atoms with Gasteiger partial charge in [-0.1, -0.05) is 18.2 Å². The number of anilines is 1. The standard InChI is InChI=1S/C24H30N2O5/c1-28-17-14-20-24(22(15-17)29-2)19(16-23(27)25-20)18-6-3-4-7-21(18)31-11-5-8-26-9-12-30-13-10-26/h3-4,6-7,14-15,19H,5,8-13,16H2,1-2H3,(H,25,27). The first-order chi connectivity index (χ1) is 15.2. The fraction of sp³-hybridized carbons (Fsp3) is 0.458. The summed E-state index contributed by atoms with van der Waals surface area (Å²) in [6.45, 7) is 5.19. The van der Waals surface area contributed by atoms with Crippen LogP contribution in [0.4, 0.5) is 5.69 Å². The summed E-state index contributed by atoms with van der Waals surface area (Å²) >= 11 is 0.